The van der Waals surface area contributed by atoms with Gasteiger partial charge in [0.1, 0.15) is 5.76 Å². The molecule has 3 rings (SSSR count). The lowest BCUT2D eigenvalue weighted by Crippen LogP contribution is -1.86. The number of azo groups is 1. The average Bonchev–Trinajstić information content (AvgIpc) is 2.95. The first kappa shape index (κ1) is 14.5. The Kier molecular flexibility index (Phi) is 3.84. The van der Waals surface area contributed by atoms with Gasteiger partial charge >= 0.3 is 5.95 Å². The van der Waals surface area contributed by atoms with Crippen LogP contribution in [-0.2, 0) is 0 Å². The fourth-order valence-electron chi connectivity index (χ4n) is 2.00. The highest BCUT2D eigenvalue weighted by atomic mass is 16.6. The summed E-state index contributed by atoms with van der Waals surface area (Å²) < 4.78 is 5.23. The summed E-state index contributed by atoms with van der Waals surface area (Å²) in [5, 5.41) is 28.4. The Hall–Kier alpha value is -3.48. The second-order valence-corrected chi connectivity index (χ2v) is 4.61. The third-order valence-electron chi connectivity index (χ3n) is 3.10. The summed E-state index contributed by atoms with van der Waals surface area (Å²) in [5.74, 6) is 0.0331. The van der Waals surface area contributed by atoms with Crippen molar-refractivity contribution in [2.75, 3.05) is 0 Å². The molecule has 2 aromatic carbocycles. The number of nitro benzene ring substituents is 1. The first-order chi connectivity index (χ1) is 11.1. The number of para-hydroxylation sites is 1. The Morgan fingerprint density at radius 2 is 1.61 bits per heavy atom. The van der Waals surface area contributed by atoms with Gasteiger partial charge in [-0.3, -0.25) is 10.1 Å². The van der Waals surface area contributed by atoms with Crippen LogP contribution in [-0.4, -0.2) is 10.0 Å². The molecule has 7 nitrogen and oxygen atoms in total. The van der Waals surface area contributed by atoms with Gasteiger partial charge in [-0.05, 0) is 6.07 Å². The van der Waals surface area contributed by atoms with Crippen molar-refractivity contribution in [2.45, 2.75) is 0 Å². The van der Waals surface area contributed by atoms with Gasteiger partial charge in [-0.2, -0.15) is 0 Å². The van der Waals surface area contributed by atoms with Crippen molar-refractivity contribution in [3.8, 4) is 17.3 Å². The maximum Gasteiger partial charge on any atom is 0.311 e. The zero-order chi connectivity index (χ0) is 16.2. The minimum Gasteiger partial charge on any atom is -0.479 e. The van der Waals surface area contributed by atoms with E-state index in [-0.39, 0.29) is 17.1 Å². The molecular weight excluding hydrogens is 298 g/mol. The first-order valence-corrected chi connectivity index (χ1v) is 6.68. The van der Waals surface area contributed by atoms with Crippen LogP contribution in [0.3, 0.4) is 0 Å². The van der Waals surface area contributed by atoms with E-state index in [1.54, 1.807) is 12.1 Å². The number of furan rings is 1. The minimum absolute atomic E-state index is 0.0966. The minimum atomic E-state index is -0.543. The molecule has 0 amide bonds. The zero-order valence-corrected chi connectivity index (χ0v) is 11.8. The van der Waals surface area contributed by atoms with E-state index in [1.807, 2.05) is 30.3 Å². The lowest BCUT2D eigenvalue weighted by molar-refractivity contribution is -0.384. The summed E-state index contributed by atoms with van der Waals surface area (Å²) in [6.45, 7) is 0. The molecule has 0 bridgehead atoms. The highest BCUT2D eigenvalue weighted by Crippen LogP contribution is 2.37. The van der Waals surface area contributed by atoms with Gasteiger partial charge in [0, 0.05) is 17.7 Å². The van der Waals surface area contributed by atoms with Gasteiger partial charge in [0.05, 0.1) is 4.92 Å². The fourth-order valence-corrected chi connectivity index (χ4v) is 2.00. The van der Waals surface area contributed by atoms with Crippen LogP contribution in [0.2, 0.25) is 0 Å². The van der Waals surface area contributed by atoms with Crippen LogP contribution in [0, 0.1) is 10.1 Å². The third-order valence-corrected chi connectivity index (χ3v) is 3.10. The normalized spacial score (nSPS) is 11.0. The van der Waals surface area contributed by atoms with E-state index in [4.69, 9.17) is 4.42 Å². The maximum absolute atomic E-state index is 10.9. The second-order valence-electron chi connectivity index (χ2n) is 4.61. The Morgan fingerprint density at radius 1 is 0.957 bits per heavy atom. The van der Waals surface area contributed by atoms with Gasteiger partial charge in [0.25, 0.3) is 5.69 Å². The number of rotatable bonds is 4. The number of hydrogen-bond donors (Lipinski definition) is 1. The molecule has 0 saturated carbocycles. The molecule has 0 unspecified atom stereocenters. The van der Waals surface area contributed by atoms with Crippen LogP contribution >= 0.6 is 0 Å². The molecule has 1 aromatic heterocycles. The topological polar surface area (TPSA) is 101 Å². The van der Waals surface area contributed by atoms with E-state index in [9.17, 15) is 15.2 Å². The van der Waals surface area contributed by atoms with Gasteiger partial charge in [-0.15, -0.1) is 10.2 Å². The maximum atomic E-state index is 10.9. The van der Waals surface area contributed by atoms with E-state index in [0.717, 1.165) is 5.56 Å². The van der Waals surface area contributed by atoms with E-state index in [2.05, 4.69) is 10.2 Å². The molecule has 0 aliphatic rings. The van der Waals surface area contributed by atoms with Gasteiger partial charge in [0.15, 0.2) is 11.4 Å². The van der Waals surface area contributed by atoms with E-state index < -0.39 is 10.9 Å². The van der Waals surface area contributed by atoms with Gasteiger partial charge in [-0.1, -0.05) is 42.5 Å². The summed E-state index contributed by atoms with van der Waals surface area (Å²) in [6, 6.07) is 16.7. The van der Waals surface area contributed by atoms with E-state index in [1.165, 1.54) is 18.2 Å². The molecule has 0 fully saturated rings. The molecule has 0 aliphatic carbocycles. The molecule has 114 valence electrons. The quantitative estimate of drug-likeness (QED) is 0.417. The van der Waals surface area contributed by atoms with E-state index >= 15 is 0 Å². The molecule has 1 heterocycles. The number of nitrogens with zero attached hydrogens (tertiary/aromatic N) is 3. The first-order valence-electron chi connectivity index (χ1n) is 6.68. The summed E-state index contributed by atoms with van der Waals surface area (Å²) in [5.41, 5.74) is 0.804. The number of nitro groups is 1. The Labute approximate surface area is 130 Å². The van der Waals surface area contributed by atoms with Crippen molar-refractivity contribution in [1.82, 2.24) is 0 Å². The van der Waals surface area contributed by atoms with Crippen LogP contribution in [0.5, 0.6) is 5.95 Å². The van der Waals surface area contributed by atoms with Crippen molar-refractivity contribution in [1.29, 1.82) is 0 Å². The zero-order valence-electron chi connectivity index (χ0n) is 11.8. The van der Waals surface area contributed by atoms with Crippen LogP contribution in [0.15, 0.2) is 75.3 Å². The predicted octanol–water partition coefficient (Wildman–Crippen LogP) is 4.98. The molecule has 0 saturated heterocycles. The molecular formula is C16H11N3O4. The van der Waals surface area contributed by atoms with Crippen LogP contribution in [0.1, 0.15) is 0 Å². The summed E-state index contributed by atoms with van der Waals surface area (Å²) in [7, 11) is 0. The second kappa shape index (κ2) is 6.10. The Balaban J connectivity index is 1.92. The molecule has 1 N–H and O–H groups in total. The molecule has 23 heavy (non-hydrogen) atoms. The average molecular weight is 309 g/mol. The molecule has 0 aliphatic heterocycles. The largest absolute Gasteiger partial charge is 0.479 e. The highest BCUT2D eigenvalue weighted by Gasteiger charge is 2.14. The van der Waals surface area contributed by atoms with Crippen molar-refractivity contribution >= 4 is 17.1 Å². The standard InChI is InChI=1S/C16H11N3O4/c20-16-13(10-15(23-16)11-6-2-1-3-7-11)18-17-12-8-4-5-9-14(12)19(21)22/h1-10,20H. The van der Waals surface area contributed by atoms with Crippen molar-refractivity contribution in [3.63, 3.8) is 0 Å². The molecule has 0 atom stereocenters. The lowest BCUT2D eigenvalue weighted by Gasteiger charge is -1.94. The van der Waals surface area contributed by atoms with Crippen LogP contribution in [0.25, 0.3) is 11.3 Å². The lowest BCUT2D eigenvalue weighted by atomic mass is 10.2. The van der Waals surface area contributed by atoms with Crippen molar-refractivity contribution < 1.29 is 14.4 Å². The van der Waals surface area contributed by atoms with Gasteiger partial charge < -0.3 is 9.52 Å². The highest BCUT2D eigenvalue weighted by molar-refractivity contribution is 5.65. The van der Waals surface area contributed by atoms with Crippen LogP contribution in [0.4, 0.5) is 17.1 Å². The number of hydrogen-bond acceptors (Lipinski definition) is 6. The SMILES string of the molecule is O=[N+]([O-])c1ccccc1N=Nc1cc(-c2ccccc2)oc1O. The summed E-state index contributed by atoms with van der Waals surface area (Å²) in [6.07, 6.45) is 0. The Bertz CT molecular complexity index is 872. The fraction of sp³-hybridized carbons (Fsp3) is 0. The van der Waals surface area contributed by atoms with E-state index in [0.29, 0.717) is 5.76 Å². The predicted molar refractivity (Wildman–Crippen MR) is 83.1 cm³/mol. The van der Waals surface area contributed by atoms with Crippen molar-refractivity contribution in [2.24, 2.45) is 10.2 Å². The smallest absolute Gasteiger partial charge is 0.311 e. The monoisotopic (exact) mass is 309 g/mol. The van der Waals surface area contributed by atoms with Crippen LogP contribution < -0.4 is 0 Å². The molecule has 3 aromatic rings. The molecule has 0 radical (unpaired) electrons. The Morgan fingerprint density at radius 3 is 2.35 bits per heavy atom. The molecule has 7 heteroatoms. The van der Waals surface area contributed by atoms with Crippen molar-refractivity contribution in [3.05, 3.63) is 70.8 Å². The summed E-state index contributed by atoms with van der Waals surface area (Å²) in [4.78, 5) is 10.4. The number of benzene rings is 2. The van der Waals surface area contributed by atoms with Gasteiger partial charge in [0.2, 0.25) is 0 Å². The third kappa shape index (κ3) is 3.08. The number of aromatic hydroxyl groups is 1. The molecule has 0 spiro atoms. The summed E-state index contributed by atoms with van der Waals surface area (Å²) >= 11 is 0. The van der Waals surface area contributed by atoms with Gasteiger partial charge in [-0.25, -0.2) is 0 Å².